The molecule has 0 N–H and O–H groups in total. The summed E-state index contributed by atoms with van der Waals surface area (Å²) in [5, 5.41) is 0. The monoisotopic (exact) mass is 461 g/mol. The van der Waals surface area contributed by atoms with E-state index in [-0.39, 0.29) is 5.52 Å². The van der Waals surface area contributed by atoms with Crippen molar-refractivity contribution in [2.75, 3.05) is 50.7 Å². The van der Waals surface area contributed by atoms with Crippen molar-refractivity contribution < 1.29 is 13.2 Å². The number of likely N-dealkylation sites (tertiary alicyclic amines) is 2. The van der Waals surface area contributed by atoms with Gasteiger partial charge in [-0.2, -0.15) is 13.2 Å². The fraction of sp³-hybridized carbons (Fsp3) is 0.680. The second-order valence-corrected chi connectivity index (χ2v) is 10.2. The molecule has 1 aromatic heterocycles. The first-order valence-electron chi connectivity index (χ1n) is 12.4. The number of anilines is 1. The number of aromatic nitrogens is 2. The molecule has 3 fully saturated rings. The summed E-state index contributed by atoms with van der Waals surface area (Å²) in [5.74, 6) is 0.990. The van der Waals surface area contributed by atoms with Gasteiger partial charge >= 0.3 is 6.18 Å². The van der Waals surface area contributed by atoms with Crippen molar-refractivity contribution in [3.05, 3.63) is 30.1 Å². The number of piperidine rings is 2. The summed E-state index contributed by atoms with van der Waals surface area (Å²) < 4.78 is 40.4. The number of rotatable bonds is 4. The van der Waals surface area contributed by atoms with Gasteiger partial charge in [0.15, 0.2) is 0 Å². The molecule has 0 aliphatic carbocycles. The highest BCUT2D eigenvalue weighted by molar-refractivity contribution is 5.90. The minimum atomic E-state index is -4.44. The topological polar surface area (TPSA) is 35.5 Å². The highest BCUT2D eigenvalue weighted by Crippen LogP contribution is 2.39. The molecule has 3 saturated heterocycles. The van der Waals surface area contributed by atoms with Gasteiger partial charge in [-0.3, -0.25) is 9.97 Å². The zero-order chi connectivity index (χ0) is 23.0. The number of alkyl halides is 3. The van der Waals surface area contributed by atoms with E-state index in [1.807, 2.05) is 0 Å². The molecule has 8 heteroatoms. The maximum atomic E-state index is 13.5. The van der Waals surface area contributed by atoms with E-state index in [0.29, 0.717) is 17.4 Å². The Labute approximate surface area is 194 Å². The Morgan fingerprint density at radius 2 is 1.61 bits per heavy atom. The minimum absolute atomic E-state index is 0.0570. The molecule has 3 aliphatic rings. The summed E-state index contributed by atoms with van der Waals surface area (Å²) in [6, 6.07) is 3.49. The van der Waals surface area contributed by atoms with Crippen LogP contribution >= 0.6 is 0 Å². The van der Waals surface area contributed by atoms with Crippen molar-refractivity contribution >= 4 is 16.7 Å². The fourth-order valence-electron chi connectivity index (χ4n) is 6.08. The van der Waals surface area contributed by atoms with Crippen LogP contribution in [-0.4, -0.2) is 71.6 Å². The number of benzene rings is 1. The normalized spacial score (nSPS) is 26.4. The highest BCUT2D eigenvalue weighted by atomic mass is 19.4. The zero-order valence-corrected chi connectivity index (χ0v) is 19.4. The largest absolute Gasteiger partial charge is 0.418 e. The molecule has 3 aliphatic heterocycles. The van der Waals surface area contributed by atoms with Crippen molar-refractivity contribution in [1.29, 1.82) is 0 Å². The van der Waals surface area contributed by atoms with Gasteiger partial charge in [-0.1, -0.05) is 13.3 Å². The lowest BCUT2D eigenvalue weighted by molar-refractivity contribution is -0.136. The van der Waals surface area contributed by atoms with Gasteiger partial charge < -0.3 is 14.7 Å². The van der Waals surface area contributed by atoms with Gasteiger partial charge in [-0.15, -0.1) is 0 Å². The Kier molecular flexibility index (Phi) is 6.49. The van der Waals surface area contributed by atoms with Gasteiger partial charge in [0, 0.05) is 38.1 Å². The highest BCUT2D eigenvalue weighted by Gasteiger charge is 2.37. The van der Waals surface area contributed by atoms with Crippen molar-refractivity contribution in [3.63, 3.8) is 0 Å². The molecule has 5 nitrogen and oxygen atoms in total. The van der Waals surface area contributed by atoms with Gasteiger partial charge in [0.2, 0.25) is 0 Å². The number of fused-ring (bicyclic) bond motifs is 1. The third-order valence-corrected chi connectivity index (χ3v) is 7.97. The van der Waals surface area contributed by atoms with E-state index in [0.717, 1.165) is 50.5 Å². The second kappa shape index (κ2) is 9.37. The van der Waals surface area contributed by atoms with E-state index < -0.39 is 11.7 Å². The van der Waals surface area contributed by atoms with Crippen LogP contribution in [0.15, 0.2) is 24.5 Å². The third kappa shape index (κ3) is 4.83. The molecular weight excluding hydrogens is 427 g/mol. The van der Waals surface area contributed by atoms with Crippen LogP contribution in [0.2, 0.25) is 0 Å². The molecule has 0 spiro atoms. The zero-order valence-electron chi connectivity index (χ0n) is 19.4. The molecule has 180 valence electrons. The molecule has 5 rings (SSSR count). The SMILES string of the molecule is C[C@@H]1CN(c2ccc(C(F)(F)F)c3nccnc23)CC1CN1CCC(N2CCCCC2)CC1. The van der Waals surface area contributed by atoms with Crippen LogP contribution in [-0.2, 0) is 6.18 Å². The second-order valence-electron chi connectivity index (χ2n) is 10.2. The van der Waals surface area contributed by atoms with Crippen LogP contribution < -0.4 is 4.90 Å². The number of hydrogen-bond donors (Lipinski definition) is 0. The Morgan fingerprint density at radius 3 is 2.30 bits per heavy atom. The lowest BCUT2D eigenvalue weighted by Crippen LogP contribution is -2.47. The summed E-state index contributed by atoms with van der Waals surface area (Å²) in [4.78, 5) is 15.9. The number of nitrogens with zero attached hydrogens (tertiary/aromatic N) is 5. The van der Waals surface area contributed by atoms with Crippen LogP contribution in [0.4, 0.5) is 18.9 Å². The van der Waals surface area contributed by atoms with Crippen LogP contribution in [0.3, 0.4) is 0 Å². The van der Waals surface area contributed by atoms with Crippen molar-refractivity contribution in [3.8, 4) is 0 Å². The molecule has 4 heterocycles. The van der Waals surface area contributed by atoms with E-state index in [1.54, 1.807) is 6.07 Å². The van der Waals surface area contributed by atoms with E-state index in [9.17, 15) is 13.2 Å². The number of halogens is 3. The summed E-state index contributed by atoms with van der Waals surface area (Å²) in [6.45, 7) is 9.86. The Morgan fingerprint density at radius 1 is 0.909 bits per heavy atom. The quantitative estimate of drug-likeness (QED) is 0.661. The first kappa shape index (κ1) is 22.8. The molecule has 1 unspecified atom stereocenters. The first-order chi connectivity index (χ1) is 15.9. The van der Waals surface area contributed by atoms with Crippen LogP contribution in [0.1, 0.15) is 44.6 Å². The standard InChI is InChI=1S/C25H34F3N5/c1-18-15-33(22-6-5-21(25(26,27)28)23-24(22)30-10-9-29-23)17-19(18)16-31-13-7-20(8-14-31)32-11-3-2-4-12-32/h5-6,9-10,18-20H,2-4,7-8,11-17H2,1H3/t18-,19?/m1/s1. The average Bonchev–Trinajstić information content (AvgIpc) is 3.18. The summed E-state index contributed by atoms with van der Waals surface area (Å²) in [5.41, 5.74) is 0.347. The van der Waals surface area contributed by atoms with E-state index in [1.165, 1.54) is 57.6 Å². The summed E-state index contributed by atoms with van der Waals surface area (Å²) in [7, 11) is 0. The maximum Gasteiger partial charge on any atom is 0.418 e. The summed E-state index contributed by atoms with van der Waals surface area (Å²) in [6.07, 6.45) is 4.96. The van der Waals surface area contributed by atoms with E-state index in [4.69, 9.17) is 0 Å². The Hall–Kier alpha value is -1.93. The van der Waals surface area contributed by atoms with E-state index in [2.05, 4.69) is 31.6 Å². The Bertz CT molecular complexity index is 951. The van der Waals surface area contributed by atoms with Crippen molar-refractivity contribution in [2.24, 2.45) is 11.8 Å². The molecular formula is C25H34F3N5. The predicted molar refractivity (Wildman–Crippen MR) is 124 cm³/mol. The first-order valence-corrected chi connectivity index (χ1v) is 12.4. The lowest BCUT2D eigenvalue weighted by Gasteiger charge is -2.41. The molecule has 2 aromatic rings. The van der Waals surface area contributed by atoms with E-state index >= 15 is 0 Å². The van der Waals surface area contributed by atoms with Crippen LogP contribution in [0, 0.1) is 11.8 Å². The maximum absolute atomic E-state index is 13.5. The van der Waals surface area contributed by atoms with Gasteiger partial charge in [-0.25, -0.2) is 0 Å². The minimum Gasteiger partial charge on any atom is -0.369 e. The molecule has 0 bridgehead atoms. The summed E-state index contributed by atoms with van der Waals surface area (Å²) >= 11 is 0. The molecule has 0 saturated carbocycles. The Balaban J connectivity index is 1.24. The molecule has 0 radical (unpaired) electrons. The van der Waals surface area contributed by atoms with Gasteiger partial charge in [-0.05, 0) is 75.8 Å². The lowest BCUT2D eigenvalue weighted by atomic mass is 9.95. The molecule has 33 heavy (non-hydrogen) atoms. The smallest absolute Gasteiger partial charge is 0.369 e. The van der Waals surface area contributed by atoms with Gasteiger partial charge in [0.05, 0.1) is 11.3 Å². The van der Waals surface area contributed by atoms with Crippen LogP contribution in [0.5, 0.6) is 0 Å². The molecule has 1 aromatic carbocycles. The van der Waals surface area contributed by atoms with Crippen molar-refractivity contribution in [1.82, 2.24) is 19.8 Å². The number of hydrogen-bond acceptors (Lipinski definition) is 5. The van der Waals surface area contributed by atoms with Gasteiger partial charge in [0.1, 0.15) is 11.0 Å². The van der Waals surface area contributed by atoms with Gasteiger partial charge in [0.25, 0.3) is 0 Å². The third-order valence-electron chi connectivity index (χ3n) is 7.97. The fourth-order valence-corrected chi connectivity index (χ4v) is 6.08. The molecule has 0 amide bonds. The average molecular weight is 462 g/mol. The molecule has 2 atom stereocenters. The van der Waals surface area contributed by atoms with Crippen molar-refractivity contribution in [2.45, 2.75) is 51.2 Å². The van der Waals surface area contributed by atoms with Crippen LogP contribution in [0.25, 0.3) is 11.0 Å². The predicted octanol–water partition coefficient (Wildman–Crippen LogP) is 4.67.